The van der Waals surface area contributed by atoms with Crippen molar-refractivity contribution < 1.29 is 13.2 Å². The van der Waals surface area contributed by atoms with Crippen molar-refractivity contribution >= 4 is 11.8 Å². The smallest absolute Gasteiger partial charge is 0.358 e. The van der Waals surface area contributed by atoms with Crippen molar-refractivity contribution in [2.75, 3.05) is 0 Å². The lowest BCUT2D eigenvalue weighted by atomic mass is 9.97. The molecule has 2 nitrogen and oxygen atoms in total. The molecule has 0 spiro atoms. The number of hydrogen-bond donors (Lipinski definition) is 1. The number of aryl methyl sites for hydroxylation is 1. The molecule has 1 aromatic heterocycles. The van der Waals surface area contributed by atoms with Crippen LogP contribution in [0.1, 0.15) is 42.7 Å². The Morgan fingerprint density at radius 3 is 2.65 bits per heavy atom. The van der Waals surface area contributed by atoms with Gasteiger partial charge in [-0.15, -0.1) is 0 Å². The zero-order valence-corrected chi connectivity index (χ0v) is 15.2. The van der Waals surface area contributed by atoms with Gasteiger partial charge in [0.1, 0.15) is 0 Å². The number of aromatic nitrogens is 1. The van der Waals surface area contributed by atoms with E-state index in [1.807, 2.05) is 13.8 Å². The summed E-state index contributed by atoms with van der Waals surface area (Å²) in [6, 6.07) is 5.36. The molecular weight excluding hydrogens is 337 g/mol. The highest BCUT2D eigenvalue weighted by molar-refractivity contribution is 5.85. The first kappa shape index (κ1) is 19.8. The summed E-state index contributed by atoms with van der Waals surface area (Å²) in [6.07, 6.45) is 2.43. The summed E-state index contributed by atoms with van der Waals surface area (Å²) < 4.78 is 39.3. The maximum atomic E-state index is 13.1. The summed E-state index contributed by atoms with van der Waals surface area (Å²) >= 11 is 0. The number of H-pyrrole nitrogens is 1. The quantitative estimate of drug-likeness (QED) is 0.445. The summed E-state index contributed by atoms with van der Waals surface area (Å²) in [6.45, 7) is 9.93. The van der Waals surface area contributed by atoms with Crippen LogP contribution >= 0.6 is 0 Å². The first-order valence-corrected chi connectivity index (χ1v) is 8.52. The standard InChI is InChI=1S/C21H23F3N2/c1-5-8-18-15(4)19(14(3)11-12-25-6-2)20(26-18)16-9-7-10-17(13-16)21(22,23)24/h6-7,9-13,26H,3,5,8H2,1-2,4H3/b12-11-,25-6?. The lowest BCUT2D eigenvalue weighted by Crippen LogP contribution is -2.04. The average molecular weight is 360 g/mol. The number of nitrogens with zero attached hydrogens (tertiary/aromatic N) is 1. The Balaban J connectivity index is 2.61. The molecule has 0 fully saturated rings. The highest BCUT2D eigenvalue weighted by Crippen LogP contribution is 2.37. The van der Waals surface area contributed by atoms with Crippen LogP contribution in [0.4, 0.5) is 13.2 Å². The molecule has 0 saturated heterocycles. The number of aromatic amines is 1. The maximum absolute atomic E-state index is 13.1. The average Bonchev–Trinajstić information content (AvgIpc) is 2.91. The number of hydrogen-bond acceptors (Lipinski definition) is 1. The van der Waals surface area contributed by atoms with E-state index < -0.39 is 11.7 Å². The monoisotopic (exact) mass is 360 g/mol. The van der Waals surface area contributed by atoms with Crippen molar-refractivity contribution in [3.63, 3.8) is 0 Å². The third kappa shape index (κ3) is 4.34. The summed E-state index contributed by atoms with van der Waals surface area (Å²) in [5.41, 5.74) is 4.05. The molecular formula is C21H23F3N2. The minimum absolute atomic E-state index is 0.494. The highest BCUT2D eigenvalue weighted by atomic mass is 19.4. The summed E-state index contributed by atoms with van der Waals surface area (Å²) in [4.78, 5) is 7.35. The zero-order chi connectivity index (χ0) is 19.3. The van der Waals surface area contributed by atoms with Crippen LogP contribution in [-0.4, -0.2) is 11.2 Å². The van der Waals surface area contributed by atoms with E-state index in [-0.39, 0.29) is 0 Å². The second kappa shape index (κ2) is 8.21. The lowest BCUT2D eigenvalue weighted by Gasteiger charge is -2.10. The van der Waals surface area contributed by atoms with Gasteiger partial charge in [-0.3, -0.25) is 4.99 Å². The van der Waals surface area contributed by atoms with E-state index >= 15 is 0 Å². The fraction of sp³-hybridized carbons (Fsp3) is 0.286. The summed E-state index contributed by atoms with van der Waals surface area (Å²) in [5.74, 6) is 0. The van der Waals surface area contributed by atoms with Crippen molar-refractivity contribution in [2.45, 2.75) is 39.8 Å². The van der Waals surface area contributed by atoms with E-state index in [9.17, 15) is 13.2 Å². The van der Waals surface area contributed by atoms with Crippen molar-refractivity contribution in [3.05, 3.63) is 65.5 Å². The van der Waals surface area contributed by atoms with Gasteiger partial charge in [0.15, 0.2) is 0 Å². The molecule has 0 aliphatic carbocycles. The van der Waals surface area contributed by atoms with E-state index in [2.05, 4.69) is 23.5 Å². The van der Waals surface area contributed by atoms with Crippen molar-refractivity contribution in [2.24, 2.45) is 4.99 Å². The number of aliphatic imine (C=N–C) groups is 1. The molecule has 0 bridgehead atoms. The fourth-order valence-electron chi connectivity index (χ4n) is 2.92. The number of halogens is 3. The topological polar surface area (TPSA) is 28.1 Å². The van der Waals surface area contributed by atoms with E-state index in [4.69, 9.17) is 0 Å². The Kier molecular flexibility index (Phi) is 6.24. The minimum atomic E-state index is -4.38. The van der Waals surface area contributed by atoms with Crippen molar-refractivity contribution in [1.29, 1.82) is 0 Å². The molecule has 0 atom stereocenters. The fourth-order valence-corrected chi connectivity index (χ4v) is 2.92. The molecule has 2 aromatic rings. The van der Waals surface area contributed by atoms with Gasteiger partial charge in [-0.25, -0.2) is 0 Å². The second-order valence-corrected chi connectivity index (χ2v) is 6.06. The predicted molar refractivity (Wildman–Crippen MR) is 102 cm³/mol. The molecule has 0 aliphatic rings. The number of rotatable bonds is 6. The summed E-state index contributed by atoms with van der Waals surface area (Å²) in [7, 11) is 0. The molecule has 2 rings (SSSR count). The molecule has 5 heteroatoms. The Hall–Kier alpha value is -2.56. The predicted octanol–water partition coefficient (Wildman–Crippen LogP) is 6.58. The molecule has 26 heavy (non-hydrogen) atoms. The normalized spacial score (nSPS) is 12.4. The molecule has 0 aliphatic heterocycles. The minimum Gasteiger partial charge on any atom is -0.358 e. The van der Waals surface area contributed by atoms with Gasteiger partial charge < -0.3 is 4.98 Å². The lowest BCUT2D eigenvalue weighted by molar-refractivity contribution is -0.137. The van der Waals surface area contributed by atoms with Crippen LogP contribution in [-0.2, 0) is 12.6 Å². The van der Waals surface area contributed by atoms with Crippen LogP contribution in [0.2, 0.25) is 0 Å². The Morgan fingerprint density at radius 1 is 1.31 bits per heavy atom. The van der Waals surface area contributed by atoms with Crippen LogP contribution in [0, 0.1) is 6.92 Å². The first-order chi connectivity index (χ1) is 12.3. The number of nitrogens with one attached hydrogen (secondary N) is 1. The Bertz CT molecular complexity index is 839. The van der Waals surface area contributed by atoms with Crippen LogP contribution in [0.15, 0.2) is 48.1 Å². The van der Waals surface area contributed by atoms with Gasteiger partial charge in [0.25, 0.3) is 0 Å². The van der Waals surface area contributed by atoms with Crippen LogP contribution in [0.3, 0.4) is 0 Å². The van der Waals surface area contributed by atoms with Crippen LogP contribution < -0.4 is 0 Å². The second-order valence-electron chi connectivity index (χ2n) is 6.06. The molecule has 138 valence electrons. The van der Waals surface area contributed by atoms with Gasteiger partial charge >= 0.3 is 6.18 Å². The zero-order valence-electron chi connectivity index (χ0n) is 15.2. The first-order valence-electron chi connectivity index (χ1n) is 8.52. The van der Waals surface area contributed by atoms with E-state index in [0.717, 1.165) is 35.7 Å². The third-order valence-corrected chi connectivity index (χ3v) is 4.16. The SMILES string of the molecule is C=C(/C=C\N=CC)c1c(-c2cccc(C(F)(F)F)c2)[nH]c(CCC)c1C. The summed E-state index contributed by atoms with van der Waals surface area (Å²) in [5, 5.41) is 0. The molecule has 0 radical (unpaired) electrons. The largest absolute Gasteiger partial charge is 0.416 e. The number of alkyl halides is 3. The van der Waals surface area contributed by atoms with Gasteiger partial charge in [0.2, 0.25) is 0 Å². The van der Waals surface area contributed by atoms with Gasteiger partial charge in [0, 0.05) is 23.7 Å². The maximum Gasteiger partial charge on any atom is 0.416 e. The molecule has 1 aromatic carbocycles. The van der Waals surface area contributed by atoms with Crippen LogP contribution in [0.25, 0.3) is 16.8 Å². The molecule has 1 N–H and O–H groups in total. The van der Waals surface area contributed by atoms with Gasteiger partial charge in [-0.2, -0.15) is 13.2 Å². The molecule has 0 unspecified atom stereocenters. The van der Waals surface area contributed by atoms with Crippen LogP contribution in [0.5, 0.6) is 0 Å². The number of allylic oxidation sites excluding steroid dienone is 2. The molecule has 0 saturated carbocycles. The van der Waals surface area contributed by atoms with Crippen molar-refractivity contribution in [1.82, 2.24) is 4.98 Å². The Morgan fingerprint density at radius 2 is 2.04 bits per heavy atom. The number of benzene rings is 1. The third-order valence-electron chi connectivity index (χ3n) is 4.16. The Labute approximate surface area is 152 Å². The molecule has 1 heterocycles. The van der Waals surface area contributed by atoms with Gasteiger partial charge in [-0.1, -0.05) is 32.1 Å². The van der Waals surface area contributed by atoms with E-state index in [1.165, 1.54) is 12.1 Å². The van der Waals surface area contributed by atoms with E-state index in [1.54, 1.807) is 24.6 Å². The van der Waals surface area contributed by atoms with Gasteiger partial charge in [-0.05, 0) is 55.2 Å². The van der Waals surface area contributed by atoms with Crippen molar-refractivity contribution in [3.8, 4) is 11.3 Å². The van der Waals surface area contributed by atoms with Gasteiger partial charge in [0.05, 0.1) is 11.3 Å². The highest BCUT2D eigenvalue weighted by Gasteiger charge is 2.31. The molecule has 0 amide bonds. The van der Waals surface area contributed by atoms with E-state index in [0.29, 0.717) is 16.8 Å².